The SMILES string of the molecule is Cc1ccc(C(=O)CCC(=O)OCC(=O)c2ccc(NS(C)(=O)=O)cc2)s1. The second-order valence-corrected chi connectivity index (χ2v) is 8.91. The number of hydrogen-bond donors (Lipinski definition) is 1. The van der Waals surface area contributed by atoms with Crippen molar-refractivity contribution >= 4 is 44.6 Å². The predicted octanol–water partition coefficient (Wildman–Crippen LogP) is 2.82. The predicted molar refractivity (Wildman–Crippen MR) is 103 cm³/mol. The minimum absolute atomic E-state index is 0.0266. The van der Waals surface area contributed by atoms with Crippen molar-refractivity contribution in [2.75, 3.05) is 17.6 Å². The van der Waals surface area contributed by atoms with E-state index in [4.69, 9.17) is 4.74 Å². The Morgan fingerprint density at radius 1 is 1.00 bits per heavy atom. The molecule has 0 radical (unpaired) electrons. The van der Waals surface area contributed by atoms with Crippen LogP contribution in [0.5, 0.6) is 0 Å². The van der Waals surface area contributed by atoms with Crippen molar-refractivity contribution in [2.45, 2.75) is 19.8 Å². The van der Waals surface area contributed by atoms with E-state index in [1.54, 1.807) is 6.07 Å². The summed E-state index contributed by atoms with van der Waals surface area (Å²) >= 11 is 1.37. The summed E-state index contributed by atoms with van der Waals surface area (Å²) in [6.07, 6.45) is 0.953. The number of ketones is 2. The number of aryl methyl sites for hydroxylation is 1. The topological polar surface area (TPSA) is 107 Å². The highest BCUT2D eigenvalue weighted by Gasteiger charge is 2.14. The van der Waals surface area contributed by atoms with E-state index in [-0.39, 0.29) is 24.2 Å². The summed E-state index contributed by atoms with van der Waals surface area (Å²) in [6, 6.07) is 9.32. The van der Waals surface area contributed by atoms with Gasteiger partial charge >= 0.3 is 5.97 Å². The standard InChI is InChI=1S/C18H19NO6S2/c1-12-3-9-17(26-12)15(20)8-10-18(22)25-11-16(21)13-4-6-14(7-5-13)19-27(2,23)24/h3-7,9,19H,8,10-11H2,1-2H3. The van der Waals surface area contributed by atoms with Crippen LogP contribution >= 0.6 is 11.3 Å². The van der Waals surface area contributed by atoms with Crippen molar-refractivity contribution in [1.82, 2.24) is 0 Å². The van der Waals surface area contributed by atoms with Crippen molar-refractivity contribution in [1.29, 1.82) is 0 Å². The van der Waals surface area contributed by atoms with E-state index in [2.05, 4.69) is 4.72 Å². The highest BCUT2D eigenvalue weighted by Crippen LogP contribution is 2.17. The zero-order valence-corrected chi connectivity index (χ0v) is 16.5. The molecule has 0 fully saturated rings. The van der Waals surface area contributed by atoms with E-state index in [0.29, 0.717) is 10.6 Å². The van der Waals surface area contributed by atoms with Gasteiger partial charge in [0, 0.05) is 22.5 Å². The van der Waals surface area contributed by atoms with Crippen LogP contribution < -0.4 is 4.72 Å². The number of carbonyl (C=O) groups is 3. The Labute approximate surface area is 161 Å². The normalized spacial score (nSPS) is 11.0. The highest BCUT2D eigenvalue weighted by molar-refractivity contribution is 7.92. The Bertz CT molecular complexity index is 944. The van der Waals surface area contributed by atoms with Gasteiger partial charge in [-0.15, -0.1) is 11.3 Å². The zero-order chi connectivity index (χ0) is 20.0. The first-order valence-electron chi connectivity index (χ1n) is 8.00. The molecular weight excluding hydrogens is 390 g/mol. The van der Waals surface area contributed by atoms with Gasteiger partial charge in [0.2, 0.25) is 10.0 Å². The number of benzene rings is 1. The molecule has 0 atom stereocenters. The van der Waals surface area contributed by atoms with Gasteiger partial charge < -0.3 is 4.74 Å². The van der Waals surface area contributed by atoms with Gasteiger partial charge in [-0.2, -0.15) is 0 Å². The van der Waals surface area contributed by atoms with Crippen LogP contribution in [0.4, 0.5) is 5.69 Å². The molecule has 0 bridgehead atoms. The van der Waals surface area contributed by atoms with Gasteiger partial charge in [-0.05, 0) is 43.3 Å². The maximum Gasteiger partial charge on any atom is 0.306 e. The minimum atomic E-state index is -3.40. The summed E-state index contributed by atoms with van der Waals surface area (Å²) in [6.45, 7) is 1.45. The van der Waals surface area contributed by atoms with Crippen LogP contribution in [0.25, 0.3) is 0 Å². The molecule has 9 heteroatoms. The van der Waals surface area contributed by atoms with Crippen LogP contribution in [0, 0.1) is 6.92 Å². The lowest BCUT2D eigenvalue weighted by atomic mass is 10.1. The number of nitrogens with one attached hydrogen (secondary N) is 1. The number of sulfonamides is 1. The minimum Gasteiger partial charge on any atom is -0.457 e. The quantitative estimate of drug-likeness (QED) is 0.504. The molecule has 1 aromatic heterocycles. The maximum absolute atomic E-state index is 12.0. The van der Waals surface area contributed by atoms with E-state index in [0.717, 1.165) is 11.1 Å². The van der Waals surface area contributed by atoms with E-state index in [1.165, 1.54) is 35.6 Å². The summed E-state index contributed by atoms with van der Waals surface area (Å²) in [7, 11) is -3.40. The lowest BCUT2D eigenvalue weighted by molar-refractivity contribution is -0.142. The van der Waals surface area contributed by atoms with Gasteiger partial charge in [0.05, 0.1) is 17.6 Å². The third-order valence-electron chi connectivity index (χ3n) is 3.45. The fraction of sp³-hybridized carbons (Fsp3) is 0.278. The van der Waals surface area contributed by atoms with Crippen LogP contribution in [-0.4, -0.2) is 38.8 Å². The van der Waals surface area contributed by atoms with Gasteiger partial charge in [0.25, 0.3) is 0 Å². The molecular formula is C18H19NO6S2. The summed E-state index contributed by atoms with van der Waals surface area (Å²) in [5, 5.41) is 0. The molecule has 1 N–H and O–H groups in total. The molecule has 0 unspecified atom stereocenters. The third kappa shape index (κ3) is 6.95. The van der Waals surface area contributed by atoms with Gasteiger partial charge in [0.15, 0.2) is 18.2 Å². The van der Waals surface area contributed by atoms with Crippen LogP contribution in [0.2, 0.25) is 0 Å². The zero-order valence-electron chi connectivity index (χ0n) is 14.9. The Morgan fingerprint density at radius 2 is 1.67 bits per heavy atom. The van der Waals surface area contributed by atoms with E-state index < -0.39 is 28.4 Å². The number of esters is 1. The van der Waals surface area contributed by atoms with E-state index in [9.17, 15) is 22.8 Å². The smallest absolute Gasteiger partial charge is 0.306 e. The average Bonchev–Trinajstić information content (AvgIpc) is 3.03. The summed E-state index contributed by atoms with van der Waals surface area (Å²) < 4.78 is 29.5. The first kappa shape index (κ1) is 20.8. The number of rotatable bonds is 9. The Balaban J connectivity index is 1.79. The van der Waals surface area contributed by atoms with Gasteiger partial charge in [-0.1, -0.05) is 0 Å². The molecule has 7 nitrogen and oxygen atoms in total. The monoisotopic (exact) mass is 409 g/mol. The summed E-state index contributed by atoms with van der Waals surface area (Å²) in [5.74, 6) is -1.18. The molecule has 2 rings (SSSR count). The number of ether oxygens (including phenoxy) is 1. The van der Waals surface area contributed by atoms with Crippen molar-refractivity contribution in [3.63, 3.8) is 0 Å². The fourth-order valence-electron chi connectivity index (χ4n) is 2.16. The first-order valence-corrected chi connectivity index (χ1v) is 10.7. The highest BCUT2D eigenvalue weighted by atomic mass is 32.2. The second-order valence-electron chi connectivity index (χ2n) is 5.87. The molecule has 0 spiro atoms. The lowest BCUT2D eigenvalue weighted by Gasteiger charge is -2.06. The summed E-state index contributed by atoms with van der Waals surface area (Å²) in [4.78, 5) is 37.3. The lowest BCUT2D eigenvalue weighted by Crippen LogP contribution is -2.15. The fourth-order valence-corrected chi connectivity index (χ4v) is 3.56. The molecule has 0 aliphatic heterocycles. The van der Waals surface area contributed by atoms with Crippen molar-refractivity contribution in [3.8, 4) is 0 Å². The molecule has 144 valence electrons. The largest absolute Gasteiger partial charge is 0.457 e. The second kappa shape index (κ2) is 8.92. The van der Waals surface area contributed by atoms with Gasteiger partial charge in [0.1, 0.15) is 0 Å². The molecule has 0 amide bonds. The molecule has 0 aliphatic rings. The number of carbonyl (C=O) groups excluding carboxylic acids is 3. The molecule has 0 aliphatic carbocycles. The van der Waals surface area contributed by atoms with Crippen molar-refractivity contribution < 1.29 is 27.5 Å². The van der Waals surface area contributed by atoms with Crippen LogP contribution in [0.3, 0.4) is 0 Å². The number of Topliss-reactive ketones (excluding diaryl/α,β-unsaturated/α-hetero) is 2. The molecule has 1 aromatic carbocycles. The van der Waals surface area contributed by atoms with E-state index in [1.807, 2.05) is 13.0 Å². The molecule has 2 aromatic rings. The van der Waals surface area contributed by atoms with Gasteiger partial charge in [-0.3, -0.25) is 19.1 Å². The average molecular weight is 409 g/mol. The van der Waals surface area contributed by atoms with Crippen LogP contribution in [0.1, 0.15) is 37.7 Å². The maximum atomic E-state index is 12.0. The van der Waals surface area contributed by atoms with Gasteiger partial charge in [-0.25, -0.2) is 8.42 Å². The Kier molecular flexibility index (Phi) is 6.86. The number of anilines is 1. The molecule has 1 heterocycles. The first-order chi connectivity index (χ1) is 12.6. The molecule has 0 saturated carbocycles. The number of hydrogen-bond acceptors (Lipinski definition) is 7. The molecule has 27 heavy (non-hydrogen) atoms. The Hall–Kier alpha value is -2.52. The van der Waals surface area contributed by atoms with Crippen LogP contribution in [-0.2, 0) is 19.6 Å². The Morgan fingerprint density at radius 3 is 2.22 bits per heavy atom. The third-order valence-corrected chi connectivity index (χ3v) is 5.09. The van der Waals surface area contributed by atoms with E-state index >= 15 is 0 Å². The van der Waals surface area contributed by atoms with Crippen molar-refractivity contribution in [2.24, 2.45) is 0 Å². The number of thiophene rings is 1. The molecule has 0 saturated heterocycles. The van der Waals surface area contributed by atoms with Crippen molar-refractivity contribution in [3.05, 3.63) is 51.7 Å². The summed E-state index contributed by atoms with van der Waals surface area (Å²) in [5.41, 5.74) is 0.611. The van der Waals surface area contributed by atoms with Crippen LogP contribution in [0.15, 0.2) is 36.4 Å².